The lowest BCUT2D eigenvalue weighted by Gasteiger charge is -2.05. The van der Waals surface area contributed by atoms with E-state index >= 15 is 0 Å². The van der Waals surface area contributed by atoms with Gasteiger partial charge in [-0.05, 0) is 19.3 Å². The molecule has 0 spiro atoms. The Morgan fingerprint density at radius 3 is 3.00 bits per heavy atom. The molecule has 56 valence electrons. The number of nitrogens with two attached hydrogens (primary N) is 1. The van der Waals surface area contributed by atoms with Crippen molar-refractivity contribution in [3.05, 3.63) is 23.8 Å². The van der Waals surface area contributed by atoms with Crippen molar-refractivity contribution in [2.45, 2.75) is 19.3 Å². The maximum absolute atomic E-state index is 5.14. The smallest absolute Gasteiger partial charge is 0.0138 e. The molecule has 0 bridgehead atoms. The summed E-state index contributed by atoms with van der Waals surface area (Å²) >= 11 is 0. The molecule has 10 heavy (non-hydrogen) atoms. The summed E-state index contributed by atoms with van der Waals surface area (Å²) in [5.74, 6) is 5.14. The minimum atomic E-state index is 0.871. The molecule has 2 heteroatoms. The third kappa shape index (κ3) is 2.33. The highest BCUT2D eigenvalue weighted by Gasteiger charge is 1.94. The highest BCUT2D eigenvalue weighted by atomic mass is 15.2. The van der Waals surface area contributed by atoms with E-state index in [0.717, 1.165) is 13.0 Å². The molecule has 3 N–H and O–H groups in total. The Morgan fingerprint density at radius 2 is 2.40 bits per heavy atom. The van der Waals surface area contributed by atoms with E-state index in [1.165, 1.54) is 18.4 Å². The molecule has 0 unspecified atom stereocenters. The van der Waals surface area contributed by atoms with Gasteiger partial charge in [0.25, 0.3) is 0 Å². The Labute approximate surface area is 61.8 Å². The largest absolute Gasteiger partial charge is 0.271 e. The van der Waals surface area contributed by atoms with Crippen LogP contribution in [0.1, 0.15) is 19.3 Å². The first kappa shape index (κ1) is 7.51. The Kier molecular flexibility index (Phi) is 3.19. The van der Waals surface area contributed by atoms with Gasteiger partial charge in [0.1, 0.15) is 0 Å². The van der Waals surface area contributed by atoms with E-state index in [1.807, 2.05) is 0 Å². The summed E-state index contributed by atoms with van der Waals surface area (Å²) in [6.45, 7) is 0.871. The van der Waals surface area contributed by atoms with Crippen molar-refractivity contribution in [1.82, 2.24) is 5.43 Å². The van der Waals surface area contributed by atoms with Crippen LogP contribution in [0.3, 0.4) is 0 Å². The van der Waals surface area contributed by atoms with Crippen LogP contribution in [0.4, 0.5) is 0 Å². The van der Waals surface area contributed by atoms with E-state index in [-0.39, 0.29) is 0 Å². The van der Waals surface area contributed by atoms with Crippen molar-refractivity contribution in [2.24, 2.45) is 5.84 Å². The van der Waals surface area contributed by atoms with E-state index in [2.05, 4.69) is 23.7 Å². The number of rotatable bonds is 3. The van der Waals surface area contributed by atoms with E-state index in [1.54, 1.807) is 0 Å². The zero-order valence-electron chi connectivity index (χ0n) is 6.14. The van der Waals surface area contributed by atoms with Gasteiger partial charge in [-0.25, -0.2) is 0 Å². The van der Waals surface area contributed by atoms with Gasteiger partial charge >= 0.3 is 0 Å². The van der Waals surface area contributed by atoms with Crippen LogP contribution in [-0.4, -0.2) is 6.54 Å². The standard InChI is InChI=1S/C8H14N2/c9-10-7-6-8-4-2-1-3-5-8/h2,4-5,10H,1,3,6-7,9H2. The molecule has 0 aromatic carbocycles. The van der Waals surface area contributed by atoms with Crippen LogP contribution in [0, 0.1) is 0 Å². The number of nitrogens with one attached hydrogen (secondary N) is 1. The Bertz CT molecular complexity index is 147. The van der Waals surface area contributed by atoms with Gasteiger partial charge in [-0.15, -0.1) is 0 Å². The van der Waals surface area contributed by atoms with E-state index in [9.17, 15) is 0 Å². The fourth-order valence-electron chi connectivity index (χ4n) is 1.07. The molecule has 2 nitrogen and oxygen atoms in total. The predicted octanol–water partition coefficient (Wildman–Crippen LogP) is 1.12. The molecule has 0 saturated heterocycles. The minimum Gasteiger partial charge on any atom is -0.271 e. The van der Waals surface area contributed by atoms with Crippen LogP contribution in [0.5, 0.6) is 0 Å². The molecule has 0 atom stereocenters. The second kappa shape index (κ2) is 4.25. The van der Waals surface area contributed by atoms with Crippen molar-refractivity contribution in [3.8, 4) is 0 Å². The molecule has 0 aromatic rings. The van der Waals surface area contributed by atoms with Gasteiger partial charge in [0.2, 0.25) is 0 Å². The maximum atomic E-state index is 5.14. The molecule has 0 aromatic heterocycles. The van der Waals surface area contributed by atoms with Crippen molar-refractivity contribution in [3.63, 3.8) is 0 Å². The lowest BCUT2D eigenvalue weighted by Crippen LogP contribution is -2.23. The first-order chi connectivity index (χ1) is 4.93. The molecular weight excluding hydrogens is 124 g/mol. The molecule has 1 aliphatic rings. The topological polar surface area (TPSA) is 38.0 Å². The number of hydrogen-bond donors (Lipinski definition) is 2. The fraction of sp³-hybridized carbons (Fsp3) is 0.500. The maximum Gasteiger partial charge on any atom is 0.0138 e. The lowest BCUT2D eigenvalue weighted by molar-refractivity contribution is 0.726. The zero-order valence-corrected chi connectivity index (χ0v) is 6.14. The van der Waals surface area contributed by atoms with Crippen LogP contribution in [-0.2, 0) is 0 Å². The number of allylic oxidation sites excluding steroid dienone is 3. The second-order valence-electron chi connectivity index (χ2n) is 2.46. The van der Waals surface area contributed by atoms with Crippen LogP contribution >= 0.6 is 0 Å². The highest BCUT2D eigenvalue weighted by molar-refractivity contribution is 5.21. The quantitative estimate of drug-likeness (QED) is 0.453. The molecular formula is C8H14N2. The zero-order chi connectivity index (χ0) is 7.23. The molecule has 0 fully saturated rings. The third-order valence-electron chi connectivity index (χ3n) is 1.63. The van der Waals surface area contributed by atoms with E-state index < -0.39 is 0 Å². The molecule has 0 aliphatic heterocycles. The summed E-state index contributed by atoms with van der Waals surface area (Å²) in [5.41, 5.74) is 4.05. The average Bonchev–Trinajstić information content (AvgIpc) is 2.03. The summed E-state index contributed by atoms with van der Waals surface area (Å²) in [6.07, 6.45) is 10.1. The Morgan fingerprint density at radius 1 is 1.50 bits per heavy atom. The summed E-state index contributed by atoms with van der Waals surface area (Å²) in [6, 6.07) is 0. The van der Waals surface area contributed by atoms with Gasteiger partial charge in [0.15, 0.2) is 0 Å². The predicted molar refractivity (Wildman–Crippen MR) is 43.3 cm³/mol. The van der Waals surface area contributed by atoms with Gasteiger partial charge < -0.3 is 0 Å². The summed E-state index contributed by atoms with van der Waals surface area (Å²) in [7, 11) is 0. The van der Waals surface area contributed by atoms with Crippen molar-refractivity contribution in [2.75, 3.05) is 6.54 Å². The number of hydrogen-bond acceptors (Lipinski definition) is 2. The second-order valence-corrected chi connectivity index (χ2v) is 2.46. The molecule has 1 rings (SSSR count). The van der Waals surface area contributed by atoms with Gasteiger partial charge in [0, 0.05) is 6.54 Å². The Hall–Kier alpha value is -0.600. The van der Waals surface area contributed by atoms with Gasteiger partial charge in [-0.3, -0.25) is 11.3 Å². The minimum absolute atomic E-state index is 0.871. The first-order valence-corrected chi connectivity index (χ1v) is 3.72. The van der Waals surface area contributed by atoms with Crippen LogP contribution < -0.4 is 11.3 Å². The molecule has 0 radical (unpaired) electrons. The van der Waals surface area contributed by atoms with E-state index in [4.69, 9.17) is 5.84 Å². The van der Waals surface area contributed by atoms with Gasteiger partial charge in [-0.1, -0.05) is 23.8 Å². The molecule has 0 saturated carbocycles. The summed E-state index contributed by atoms with van der Waals surface area (Å²) in [4.78, 5) is 0. The van der Waals surface area contributed by atoms with Crippen LogP contribution in [0.2, 0.25) is 0 Å². The van der Waals surface area contributed by atoms with Crippen molar-refractivity contribution < 1.29 is 0 Å². The van der Waals surface area contributed by atoms with Crippen molar-refractivity contribution >= 4 is 0 Å². The van der Waals surface area contributed by atoms with Crippen LogP contribution in [0.25, 0.3) is 0 Å². The SMILES string of the molecule is NNCCC1=CCCC=C1. The lowest BCUT2D eigenvalue weighted by atomic mass is 10.0. The van der Waals surface area contributed by atoms with Gasteiger partial charge in [-0.2, -0.15) is 0 Å². The molecule has 0 heterocycles. The van der Waals surface area contributed by atoms with Crippen LogP contribution in [0.15, 0.2) is 23.8 Å². The van der Waals surface area contributed by atoms with Crippen molar-refractivity contribution in [1.29, 1.82) is 0 Å². The highest BCUT2D eigenvalue weighted by Crippen LogP contribution is 2.11. The third-order valence-corrected chi connectivity index (χ3v) is 1.63. The molecule has 1 aliphatic carbocycles. The normalized spacial score (nSPS) is 17.1. The fourth-order valence-corrected chi connectivity index (χ4v) is 1.07. The summed E-state index contributed by atoms with van der Waals surface area (Å²) in [5, 5.41) is 0. The Balaban J connectivity index is 2.26. The number of hydrazine groups is 1. The van der Waals surface area contributed by atoms with Gasteiger partial charge in [0.05, 0.1) is 0 Å². The summed E-state index contributed by atoms with van der Waals surface area (Å²) < 4.78 is 0. The molecule has 0 amide bonds. The first-order valence-electron chi connectivity index (χ1n) is 3.72. The van der Waals surface area contributed by atoms with E-state index in [0.29, 0.717) is 0 Å². The average molecular weight is 138 g/mol. The monoisotopic (exact) mass is 138 g/mol.